The zero-order chi connectivity index (χ0) is 13.4. The Bertz CT molecular complexity index is 505. The minimum Gasteiger partial charge on any atom is -0.383 e. The monoisotopic (exact) mass is 323 g/mol. The minimum atomic E-state index is -0.117. The molecule has 3 rings (SSSR count). The van der Waals surface area contributed by atoms with E-state index < -0.39 is 0 Å². The first-order chi connectivity index (χ1) is 9.13. The van der Waals surface area contributed by atoms with Gasteiger partial charge in [0, 0.05) is 17.2 Å². The number of carbonyl (C=O) groups excluding carboxylic acids is 1. The summed E-state index contributed by atoms with van der Waals surface area (Å²) in [7, 11) is 0. The number of pyridine rings is 1. The molecule has 2 fully saturated rings. The highest BCUT2D eigenvalue weighted by atomic mass is 79.9. The first-order valence-electron chi connectivity index (χ1n) is 6.82. The maximum Gasteiger partial charge on any atom is 0.255 e. The average Bonchev–Trinajstić information content (AvgIpc) is 3.01. The molecule has 0 spiro atoms. The van der Waals surface area contributed by atoms with E-state index in [1.807, 2.05) is 0 Å². The van der Waals surface area contributed by atoms with Gasteiger partial charge in [0.05, 0.1) is 5.56 Å². The number of fused-ring (bicyclic) bond motifs is 2. The van der Waals surface area contributed by atoms with Gasteiger partial charge >= 0.3 is 0 Å². The summed E-state index contributed by atoms with van der Waals surface area (Å²) < 4.78 is 0.770. The van der Waals surface area contributed by atoms with Gasteiger partial charge in [0.25, 0.3) is 5.91 Å². The van der Waals surface area contributed by atoms with E-state index in [2.05, 4.69) is 26.2 Å². The number of rotatable bonds is 3. The number of amides is 1. The summed E-state index contributed by atoms with van der Waals surface area (Å²) in [6.07, 6.45) is 6.96. The predicted molar refractivity (Wildman–Crippen MR) is 77.6 cm³/mol. The number of nitrogen functional groups attached to an aromatic ring is 1. The second kappa shape index (κ2) is 5.12. The standard InChI is InChI=1S/C14H18BrN3O/c15-11-5-12(13(16)17-7-11)14(19)18-6-10-4-8-1-2-9(10)3-8/h5,7-10H,1-4,6H2,(H2,16,17)(H,18,19). The summed E-state index contributed by atoms with van der Waals surface area (Å²) in [4.78, 5) is 16.1. The van der Waals surface area contributed by atoms with Gasteiger partial charge in [-0.1, -0.05) is 6.42 Å². The normalized spacial score (nSPS) is 28.6. The molecule has 2 saturated carbocycles. The molecule has 1 aromatic heterocycles. The highest BCUT2D eigenvalue weighted by Gasteiger charge is 2.39. The second-order valence-corrected chi connectivity index (χ2v) is 6.65. The minimum absolute atomic E-state index is 0.117. The molecular weight excluding hydrogens is 306 g/mol. The lowest BCUT2D eigenvalue weighted by Crippen LogP contribution is -2.32. The van der Waals surface area contributed by atoms with Gasteiger partial charge in [0.15, 0.2) is 0 Å². The quantitative estimate of drug-likeness (QED) is 0.898. The zero-order valence-corrected chi connectivity index (χ0v) is 12.3. The van der Waals surface area contributed by atoms with E-state index in [1.54, 1.807) is 12.3 Å². The van der Waals surface area contributed by atoms with Crippen LogP contribution in [0.3, 0.4) is 0 Å². The van der Waals surface area contributed by atoms with Crippen LogP contribution in [-0.2, 0) is 0 Å². The van der Waals surface area contributed by atoms with E-state index in [-0.39, 0.29) is 11.7 Å². The number of halogens is 1. The predicted octanol–water partition coefficient (Wildman–Crippen LogP) is 2.59. The fourth-order valence-corrected chi connectivity index (χ4v) is 3.91. The number of hydrogen-bond donors (Lipinski definition) is 2. The van der Waals surface area contributed by atoms with Crippen LogP contribution in [0.15, 0.2) is 16.7 Å². The Kier molecular flexibility index (Phi) is 3.48. The van der Waals surface area contributed by atoms with E-state index in [0.29, 0.717) is 11.5 Å². The van der Waals surface area contributed by atoms with Gasteiger partial charge < -0.3 is 11.1 Å². The molecule has 2 aliphatic carbocycles. The largest absolute Gasteiger partial charge is 0.383 e. The Balaban J connectivity index is 1.61. The molecule has 19 heavy (non-hydrogen) atoms. The fraction of sp³-hybridized carbons (Fsp3) is 0.571. The maximum atomic E-state index is 12.1. The number of hydrogen-bond acceptors (Lipinski definition) is 3. The Labute approximate surface area is 121 Å². The number of nitrogens with two attached hydrogens (primary N) is 1. The summed E-state index contributed by atoms with van der Waals surface area (Å²) >= 11 is 3.31. The summed E-state index contributed by atoms with van der Waals surface area (Å²) in [5.41, 5.74) is 6.20. The van der Waals surface area contributed by atoms with Gasteiger partial charge in [0.1, 0.15) is 5.82 Å². The SMILES string of the molecule is Nc1ncc(Br)cc1C(=O)NCC1CC2CCC1C2. The number of nitrogens with one attached hydrogen (secondary N) is 1. The second-order valence-electron chi connectivity index (χ2n) is 5.73. The van der Waals surface area contributed by atoms with Gasteiger partial charge in [-0.15, -0.1) is 0 Å². The highest BCUT2D eigenvalue weighted by molar-refractivity contribution is 9.10. The van der Waals surface area contributed by atoms with Crippen molar-refractivity contribution >= 4 is 27.7 Å². The Hall–Kier alpha value is -1.10. The van der Waals surface area contributed by atoms with Gasteiger partial charge in [-0.25, -0.2) is 4.98 Å². The van der Waals surface area contributed by atoms with Crippen molar-refractivity contribution in [1.29, 1.82) is 0 Å². The molecule has 102 valence electrons. The molecule has 1 heterocycles. The van der Waals surface area contributed by atoms with Gasteiger partial charge in [-0.3, -0.25) is 4.79 Å². The molecule has 0 aromatic carbocycles. The van der Waals surface area contributed by atoms with Crippen LogP contribution >= 0.6 is 15.9 Å². The molecule has 1 aromatic rings. The van der Waals surface area contributed by atoms with Crippen molar-refractivity contribution in [2.75, 3.05) is 12.3 Å². The Morgan fingerprint density at radius 2 is 2.32 bits per heavy atom. The van der Waals surface area contributed by atoms with Crippen molar-refractivity contribution in [2.45, 2.75) is 25.7 Å². The maximum absolute atomic E-state index is 12.1. The third-order valence-corrected chi connectivity index (χ3v) is 4.97. The first-order valence-corrected chi connectivity index (χ1v) is 7.62. The van der Waals surface area contributed by atoms with Crippen LogP contribution in [0.4, 0.5) is 5.82 Å². The van der Waals surface area contributed by atoms with Crippen molar-refractivity contribution in [3.8, 4) is 0 Å². The van der Waals surface area contributed by atoms with Crippen LogP contribution in [0.2, 0.25) is 0 Å². The smallest absolute Gasteiger partial charge is 0.255 e. The first kappa shape index (κ1) is 12.9. The zero-order valence-electron chi connectivity index (χ0n) is 10.7. The molecule has 4 nitrogen and oxygen atoms in total. The number of aromatic nitrogens is 1. The highest BCUT2D eigenvalue weighted by Crippen LogP contribution is 2.47. The fourth-order valence-electron chi connectivity index (χ4n) is 3.58. The summed E-state index contributed by atoms with van der Waals surface area (Å²) in [5.74, 6) is 2.56. The molecule has 3 N–H and O–H groups in total. The third-order valence-electron chi connectivity index (χ3n) is 4.54. The molecule has 0 radical (unpaired) electrons. The number of anilines is 1. The van der Waals surface area contributed by atoms with Crippen molar-refractivity contribution in [2.24, 2.45) is 17.8 Å². The molecule has 3 unspecified atom stereocenters. The molecular formula is C14H18BrN3O. The summed E-state index contributed by atoms with van der Waals surface area (Å²) in [5, 5.41) is 3.01. The van der Waals surface area contributed by atoms with Crippen LogP contribution < -0.4 is 11.1 Å². The molecule has 3 atom stereocenters. The molecule has 2 aliphatic rings. The van der Waals surface area contributed by atoms with Crippen molar-refractivity contribution in [3.05, 3.63) is 22.3 Å². The molecule has 2 bridgehead atoms. The van der Waals surface area contributed by atoms with E-state index in [1.165, 1.54) is 25.7 Å². The molecule has 5 heteroatoms. The van der Waals surface area contributed by atoms with Crippen LogP contribution in [0.5, 0.6) is 0 Å². The molecule has 1 amide bonds. The van der Waals surface area contributed by atoms with E-state index >= 15 is 0 Å². The summed E-state index contributed by atoms with van der Waals surface area (Å²) in [6, 6.07) is 1.72. The van der Waals surface area contributed by atoms with E-state index in [4.69, 9.17) is 5.73 Å². The number of nitrogens with zero attached hydrogens (tertiary/aromatic N) is 1. The van der Waals surface area contributed by atoms with Gasteiger partial charge in [-0.2, -0.15) is 0 Å². The van der Waals surface area contributed by atoms with E-state index in [0.717, 1.165) is 22.9 Å². The molecule has 0 saturated heterocycles. The van der Waals surface area contributed by atoms with Crippen LogP contribution in [0, 0.1) is 17.8 Å². The van der Waals surface area contributed by atoms with Crippen molar-refractivity contribution < 1.29 is 4.79 Å². The van der Waals surface area contributed by atoms with Crippen molar-refractivity contribution in [3.63, 3.8) is 0 Å². The van der Waals surface area contributed by atoms with Crippen LogP contribution in [0.1, 0.15) is 36.0 Å². The Morgan fingerprint density at radius 3 is 3.00 bits per heavy atom. The van der Waals surface area contributed by atoms with Gasteiger partial charge in [0.2, 0.25) is 0 Å². The molecule has 0 aliphatic heterocycles. The lowest BCUT2D eigenvalue weighted by atomic mass is 9.89. The van der Waals surface area contributed by atoms with Crippen molar-refractivity contribution in [1.82, 2.24) is 10.3 Å². The van der Waals surface area contributed by atoms with Gasteiger partial charge in [-0.05, 0) is 59.0 Å². The lowest BCUT2D eigenvalue weighted by Gasteiger charge is -2.21. The average molecular weight is 324 g/mol. The Morgan fingerprint density at radius 1 is 1.47 bits per heavy atom. The topological polar surface area (TPSA) is 68.0 Å². The lowest BCUT2D eigenvalue weighted by molar-refractivity contribution is 0.0942. The third kappa shape index (κ3) is 2.61. The number of carbonyl (C=O) groups is 1. The van der Waals surface area contributed by atoms with E-state index in [9.17, 15) is 4.79 Å². The summed E-state index contributed by atoms with van der Waals surface area (Å²) in [6.45, 7) is 0.770. The van der Waals surface area contributed by atoms with Crippen LogP contribution in [-0.4, -0.2) is 17.4 Å². The van der Waals surface area contributed by atoms with Crippen LogP contribution in [0.25, 0.3) is 0 Å².